The van der Waals surface area contributed by atoms with Crippen molar-refractivity contribution >= 4 is 16.0 Å². The summed E-state index contributed by atoms with van der Waals surface area (Å²) in [4.78, 5) is 4.62. The molecule has 1 rings (SSSR count). The molecule has 0 aromatic carbocycles. The van der Waals surface area contributed by atoms with Gasteiger partial charge in [0.05, 0.1) is 5.75 Å². The molecule has 0 atom stereocenters. The van der Waals surface area contributed by atoms with E-state index in [1.165, 1.54) is 25.7 Å². The Bertz CT molecular complexity index is 414. The fraction of sp³-hybridized carbons (Fsp3) is 0.923. The van der Waals surface area contributed by atoms with E-state index in [1.54, 1.807) is 0 Å². The zero-order valence-electron chi connectivity index (χ0n) is 12.6. The van der Waals surface area contributed by atoms with Crippen LogP contribution in [-0.4, -0.2) is 39.8 Å². The first-order valence-electron chi connectivity index (χ1n) is 7.43. The molecule has 0 radical (unpaired) electrons. The molecule has 1 aliphatic rings. The number of nitrogens with two attached hydrogens (primary N) is 1. The van der Waals surface area contributed by atoms with Crippen molar-refractivity contribution in [2.75, 3.05) is 25.4 Å². The first-order valence-corrected chi connectivity index (χ1v) is 9.15. The van der Waals surface area contributed by atoms with E-state index in [9.17, 15) is 8.42 Å². The van der Waals surface area contributed by atoms with Crippen LogP contribution >= 0.6 is 0 Å². The number of nitrogens with zero attached hydrogens (tertiary/aromatic N) is 1. The number of guanidine groups is 1. The number of nitrogens with one attached hydrogen (secondary N) is 2. The highest BCUT2D eigenvalue weighted by atomic mass is 32.2. The first kappa shape index (κ1) is 17.2. The van der Waals surface area contributed by atoms with E-state index in [2.05, 4.69) is 22.5 Å². The van der Waals surface area contributed by atoms with Gasteiger partial charge in [0, 0.05) is 19.6 Å². The molecule has 0 saturated heterocycles. The van der Waals surface area contributed by atoms with Crippen molar-refractivity contribution in [1.82, 2.24) is 10.6 Å². The van der Waals surface area contributed by atoms with E-state index in [1.807, 2.05) is 6.92 Å². The summed E-state index contributed by atoms with van der Waals surface area (Å²) in [6.07, 6.45) is 6.21. The minimum atomic E-state index is -3.43. The quantitative estimate of drug-likeness (QED) is 0.479. The molecule has 7 heteroatoms. The minimum absolute atomic E-state index is 0.0870. The normalized spacial score (nSPS) is 19.1. The summed E-state index contributed by atoms with van der Waals surface area (Å²) in [6, 6.07) is 0. The van der Waals surface area contributed by atoms with Gasteiger partial charge in [0.1, 0.15) is 0 Å². The van der Waals surface area contributed by atoms with Gasteiger partial charge in [-0.25, -0.2) is 13.6 Å². The van der Waals surface area contributed by atoms with E-state index in [-0.39, 0.29) is 12.3 Å². The van der Waals surface area contributed by atoms with E-state index in [4.69, 9.17) is 5.14 Å². The molecule has 0 heterocycles. The number of hydrogen-bond donors (Lipinski definition) is 3. The Morgan fingerprint density at radius 3 is 2.40 bits per heavy atom. The van der Waals surface area contributed by atoms with Gasteiger partial charge in [-0.3, -0.25) is 4.99 Å². The predicted molar refractivity (Wildman–Crippen MR) is 83.1 cm³/mol. The lowest BCUT2D eigenvalue weighted by atomic mass is 9.84. The van der Waals surface area contributed by atoms with E-state index < -0.39 is 10.0 Å². The fourth-order valence-electron chi connectivity index (χ4n) is 2.65. The summed E-state index contributed by atoms with van der Waals surface area (Å²) < 4.78 is 21.8. The summed E-state index contributed by atoms with van der Waals surface area (Å²) >= 11 is 0. The molecule has 0 amide bonds. The standard InChI is InChI=1S/C13H28N4O2S/c1-3-13(7-5-6-8-13)11-17-12(15-4-2)16-9-10-20(14,18)19/h3-11H2,1-2H3,(H2,14,18,19)(H2,15,16,17). The minimum Gasteiger partial charge on any atom is -0.357 e. The highest BCUT2D eigenvalue weighted by Crippen LogP contribution is 2.41. The molecule has 20 heavy (non-hydrogen) atoms. The second kappa shape index (κ2) is 7.83. The Morgan fingerprint density at radius 2 is 1.90 bits per heavy atom. The zero-order chi connectivity index (χ0) is 15.1. The van der Waals surface area contributed by atoms with E-state index in [0.717, 1.165) is 19.5 Å². The SMILES string of the molecule is CCNC(=NCC1(CC)CCCC1)NCCS(N)(=O)=O. The number of aliphatic imine (C=N–C) groups is 1. The lowest BCUT2D eigenvalue weighted by Crippen LogP contribution is -2.41. The van der Waals surface area contributed by atoms with Gasteiger partial charge in [-0.1, -0.05) is 19.8 Å². The van der Waals surface area contributed by atoms with Crippen LogP contribution in [0.1, 0.15) is 46.0 Å². The van der Waals surface area contributed by atoms with Gasteiger partial charge in [0.2, 0.25) is 10.0 Å². The molecule has 1 aliphatic carbocycles. The van der Waals surface area contributed by atoms with Crippen molar-refractivity contribution < 1.29 is 8.42 Å². The molecule has 0 bridgehead atoms. The topological polar surface area (TPSA) is 96.6 Å². The average molecular weight is 304 g/mol. The molecule has 1 saturated carbocycles. The molecule has 118 valence electrons. The largest absolute Gasteiger partial charge is 0.357 e. The predicted octanol–water partition coefficient (Wildman–Crippen LogP) is 0.800. The van der Waals surface area contributed by atoms with E-state index in [0.29, 0.717) is 11.4 Å². The van der Waals surface area contributed by atoms with Crippen molar-refractivity contribution in [3.05, 3.63) is 0 Å². The van der Waals surface area contributed by atoms with Crippen LogP contribution in [0.5, 0.6) is 0 Å². The summed E-state index contributed by atoms with van der Waals surface area (Å²) in [5, 5.41) is 11.1. The van der Waals surface area contributed by atoms with Crippen LogP contribution < -0.4 is 15.8 Å². The Hall–Kier alpha value is -0.820. The van der Waals surface area contributed by atoms with Gasteiger partial charge in [0.15, 0.2) is 5.96 Å². The summed E-state index contributed by atoms with van der Waals surface area (Å²) in [5.74, 6) is 0.590. The number of primary sulfonamides is 1. The Balaban J connectivity index is 2.53. The summed E-state index contributed by atoms with van der Waals surface area (Å²) in [7, 11) is -3.43. The third-order valence-corrected chi connectivity index (χ3v) is 4.78. The Labute approximate surface area is 122 Å². The maximum atomic E-state index is 10.9. The van der Waals surface area contributed by atoms with Gasteiger partial charge in [-0.05, 0) is 31.6 Å². The third kappa shape index (κ3) is 6.09. The second-order valence-corrected chi connectivity index (χ2v) is 7.28. The maximum absolute atomic E-state index is 10.9. The van der Waals surface area contributed by atoms with Crippen LogP contribution in [0.15, 0.2) is 4.99 Å². The number of rotatable bonds is 7. The van der Waals surface area contributed by atoms with E-state index >= 15 is 0 Å². The first-order chi connectivity index (χ1) is 9.41. The molecule has 0 aromatic rings. The lowest BCUT2D eigenvalue weighted by Gasteiger charge is -2.25. The molecule has 0 aliphatic heterocycles. The van der Waals surface area contributed by atoms with Crippen LogP contribution in [0.2, 0.25) is 0 Å². The Morgan fingerprint density at radius 1 is 1.25 bits per heavy atom. The number of hydrogen-bond acceptors (Lipinski definition) is 3. The number of sulfonamides is 1. The zero-order valence-corrected chi connectivity index (χ0v) is 13.4. The van der Waals surface area contributed by atoms with Crippen LogP contribution in [0.25, 0.3) is 0 Å². The summed E-state index contributed by atoms with van der Waals surface area (Å²) in [5.41, 5.74) is 0.336. The van der Waals surface area contributed by atoms with Crippen molar-refractivity contribution in [3.63, 3.8) is 0 Å². The molecule has 6 nitrogen and oxygen atoms in total. The molecular weight excluding hydrogens is 276 g/mol. The molecule has 4 N–H and O–H groups in total. The van der Waals surface area contributed by atoms with Crippen molar-refractivity contribution in [2.45, 2.75) is 46.0 Å². The summed E-state index contributed by atoms with van der Waals surface area (Å²) in [6.45, 7) is 6.04. The molecule has 1 fully saturated rings. The lowest BCUT2D eigenvalue weighted by molar-refractivity contribution is 0.297. The monoisotopic (exact) mass is 304 g/mol. The van der Waals surface area contributed by atoms with Gasteiger partial charge in [-0.2, -0.15) is 0 Å². The van der Waals surface area contributed by atoms with Crippen molar-refractivity contribution in [1.29, 1.82) is 0 Å². The van der Waals surface area contributed by atoms with Crippen molar-refractivity contribution in [2.24, 2.45) is 15.5 Å². The average Bonchev–Trinajstić information content (AvgIpc) is 2.84. The van der Waals surface area contributed by atoms with Gasteiger partial charge >= 0.3 is 0 Å². The molecule has 0 unspecified atom stereocenters. The second-order valence-electron chi connectivity index (χ2n) is 5.55. The van der Waals surface area contributed by atoms with Crippen LogP contribution in [-0.2, 0) is 10.0 Å². The maximum Gasteiger partial charge on any atom is 0.210 e. The Kier molecular flexibility index (Phi) is 6.75. The molecular formula is C13H28N4O2S. The third-order valence-electron chi connectivity index (χ3n) is 4.01. The van der Waals surface area contributed by atoms with Crippen molar-refractivity contribution in [3.8, 4) is 0 Å². The van der Waals surface area contributed by atoms with Crippen LogP contribution in [0, 0.1) is 5.41 Å². The highest BCUT2D eigenvalue weighted by Gasteiger charge is 2.31. The highest BCUT2D eigenvalue weighted by molar-refractivity contribution is 7.89. The van der Waals surface area contributed by atoms with Crippen LogP contribution in [0.4, 0.5) is 0 Å². The molecule has 0 aromatic heterocycles. The van der Waals surface area contributed by atoms with Gasteiger partial charge in [0.25, 0.3) is 0 Å². The van der Waals surface area contributed by atoms with Gasteiger partial charge in [-0.15, -0.1) is 0 Å². The fourth-order valence-corrected chi connectivity index (χ4v) is 3.04. The van der Waals surface area contributed by atoms with Crippen LogP contribution in [0.3, 0.4) is 0 Å². The molecule has 0 spiro atoms. The van der Waals surface area contributed by atoms with Gasteiger partial charge < -0.3 is 10.6 Å². The smallest absolute Gasteiger partial charge is 0.210 e.